The molecule has 1 atom stereocenters. The minimum absolute atomic E-state index is 0.0700. The zero-order valence-electron chi connectivity index (χ0n) is 10.9. The molecule has 0 spiro atoms. The second-order valence-electron chi connectivity index (χ2n) is 4.49. The summed E-state index contributed by atoms with van der Waals surface area (Å²) < 4.78 is 13.8. The number of rotatable bonds is 5. The molecule has 1 unspecified atom stereocenters. The van der Waals surface area contributed by atoms with Gasteiger partial charge in [-0.05, 0) is 24.1 Å². The van der Waals surface area contributed by atoms with Crippen molar-refractivity contribution in [2.75, 3.05) is 5.32 Å². The largest absolute Gasteiger partial charge is 0.375 e. The van der Waals surface area contributed by atoms with Crippen LogP contribution in [0.4, 0.5) is 10.1 Å². The van der Waals surface area contributed by atoms with E-state index in [2.05, 4.69) is 12.2 Å². The van der Waals surface area contributed by atoms with E-state index in [9.17, 15) is 4.39 Å². The second kappa shape index (κ2) is 6.58. The number of para-hydroxylation sites is 1. The summed E-state index contributed by atoms with van der Waals surface area (Å²) in [6, 6.07) is 14.8. The Hall–Kier alpha value is -1.54. The Labute approximate surface area is 118 Å². The van der Waals surface area contributed by atoms with Gasteiger partial charge in [-0.25, -0.2) is 4.39 Å². The summed E-state index contributed by atoms with van der Waals surface area (Å²) in [5.74, 6) is -0.315. The fourth-order valence-electron chi connectivity index (χ4n) is 2.11. The van der Waals surface area contributed by atoms with Crippen molar-refractivity contribution in [1.29, 1.82) is 0 Å². The van der Waals surface area contributed by atoms with E-state index in [1.807, 2.05) is 30.3 Å². The third-order valence-electron chi connectivity index (χ3n) is 3.06. The molecule has 0 bridgehead atoms. The smallest absolute Gasteiger partial charge is 0.147 e. The highest BCUT2D eigenvalue weighted by Crippen LogP contribution is 2.30. The fraction of sp³-hybridized carbons (Fsp3) is 0.250. The molecule has 2 aromatic rings. The van der Waals surface area contributed by atoms with Gasteiger partial charge in [-0.3, -0.25) is 0 Å². The minimum atomic E-state index is -0.315. The molecule has 3 heteroatoms. The van der Waals surface area contributed by atoms with Crippen LogP contribution >= 0.6 is 11.6 Å². The van der Waals surface area contributed by atoms with E-state index in [0.717, 1.165) is 18.4 Å². The molecule has 0 aliphatic carbocycles. The topological polar surface area (TPSA) is 12.0 Å². The Kier molecular flexibility index (Phi) is 4.80. The van der Waals surface area contributed by atoms with Crippen LogP contribution in [0.25, 0.3) is 0 Å². The van der Waals surface area contributed by atoms with E-state index in [4.69, 9.17) is 11.6 Å². The van der Waals surface area contributed by atoms with Gasteiger partial charge in [-0.1, -0.05) is 61.3 Å². The van der Waals surface area contributed by atoms with Gasteiger partial charge >= 0.3 is 0 Å². The third kappa shape index (κ3) is 3.48. The Balaban J connectivity index is 2.27. The van der Waals surface area contributed by atoms with E-state index >= 15 is 0 Å². The van der Waals surface area contributed by atoms with Crippen molar-refractivity contribution >= 4 is 17.3 Å². The predicted molar refractivity (Wildman–Crippen MR) is 79.1 cm³/mol. The first kappa shape index (κ1) is 13.9. The van der Waals surface area contributed by atoms with Gasteiger partial charge in [0.2, 0.25) is 0 Å². The average molecular weight is 278 g/mol. The van der Waals surface area contributed by atoms with Gasteiger partial charge < -0.3 is 5.32 Å². The Morgan fingerprint density at radius 1 is 1.11 bits per heavy atom. The van der Waals surface area contributed by atoms with Gasteiger partial charge in [-0.2, -0.15) is 0 Å². The van der Waals surface area contributed by atoms with Crippen LogP contribution in [-0.4, -0.2) is 0 Å². The van der Waals surface area contributed by atoms with Crippen LogP contribution in [0.3, 0.4) is 0 Å². The lowest BCUT2D eigenvalue weighted by atomic mass is 10.0. The summed E-state index contributed by atoms with van der Waals surface area (Å²) in [4.78, 5) is 0. The molecule has 0 aromatic heterocycles. The molecule has 0 aliphatic heterocycles. The first-order valence-electron chi connectivity index (χ1n) is 6.48. The summed E-state index contributed by atoms with van der Waals surface area (Å²) in [5.41, 5.74) is 1.52. The van der Waals surface area contributed by atoms with Crippen LogP contribution < -0.4 is 5.32 Å². The van der Waals surface area contributed by atoms with Crippen molar-refractivity contribution < 1.29 is 4.39 Å². The summed E-state index contributed by atoms with van der Waals surface area (Å²) in [7, 11) is 0. The SMILES string of the molecule is CCCC(Nc1c(F)cccc1Cl)c1ccccc1. The Bertz CT molecular complexity index is 507. The third-order valence-corrected chi connectivity index (χ3v) is 3.38. The molecule has 2 rings (SSSR count). The van der Waals surface area contributed by atoms with Gasteiger partial charge in [0.05, 0.1) is 16.8 Å². The second-order valence-corrected chi connectivity index (χ2v) is 4.90. The number of hydrogen-bond donors (Lipinski definition) is 1. The van der Waals surface area contributed by atoms with Crippen molar-refractivity contribution in [1.82, 2.24) is 0 Å². The molecular weight excluding hydrogens is 261 g/mol. The number of nitrogens with one attached hydrogen (secondary N) is 1. The highest BCUT2D eigenvalue weighted by atomic mass is 35.5. The molecule has 0 saturated heterocycles. The lowest BCUT2D eigenvalue weighted by Crippen LogP contribution is -2.12. The maximum absolute atomic E-state index is 13.8. The quantitative estimate of drug-likeness (QED) is 0.768. The zero-order valence-corrected chi connectivity index (χ0v) is 11.6. The van der Waals surface area contributed by atoms with Crippen LogP contribution in [0.5, 0.6) is 0 Å². The first-order chi connectivity index (χ1) is 9.22. The minimum Gasteiger partial charge on any atom is -0.375 e. The fourth-order valence-corrected chi connectivity index (χ4v) is 2.32. The maximum Gasteiger partial charge on any atom is 0.147 e. The van der Waals surface area contributed by atoms with E-state index in [-0.39, 0.29) is 11.9 Å². The molecule has 0 fully saturated rings. The highest BCUT2D eigenvalue weighted by molar-refractivity contribution is 6.33. The van der Waals surface area contributed by atoms with E-state index in [0.29, 0.717) is 10.7 Å². The number of benzene rings is 2. The van der Waals surface area contributed by atoms with Crippen LogP contribution in [-0.2, 0) is 0 Å². The van der Waals surface area contributed by atoms with Gasteiger partial charge in [0.25, 0.3) is 0 Å². The molecule has 2 aromatic carbocycles. The zero-order chi connectivity index (χ0) is 13.7. The normalized spacial score (nSPS) is 12.2. The van der Waals surface area contributed by atoms with Crippen LogP contribution in [0.15, 0.2) is 48.5 Å². The maximum atomic E-state index is 13.8. The highest BCUT2D eigenvalue weighted by Gasteiger charge is 2.14. The molecule has 1 nitrogen and oxygen atoms in total. The lowest BCUT2D eigenvalue weighted by molar-refractivity contribution is 0.618. The van der Waals surface area contributed by atoms with Crippen LogP contribution in [0.2, 0.25) is 5.02 Å². The number of hydrogen-bond acceptors (Lipinski definition) is 1. The molecular formula is C16H17ClFN. The van der Waals surface area contributed by atoms with Crippen LogP contribution in [0.1, 0.15) is 31.4 Å². The number of anilines is 1. The molecule has 0 heterocycles. The van der Waals surface area contributed by atoms with E-state index in [1.54, 1.807) is 12.1 Å². The molecule has 0 amide bonds. The van der Waals surface area contributed by atoms with Crippen molar-refractivity contribution in [3.63, 3.8) is 0 Å². The average Bonchev–Trinajstić information content (AvgIpc) is 2.43. The van der Waals surface area contributed by atoms with Crippen molar-refractivity contribution in [2.45, 2.75) is 25.8 Å². The summed E-state index contributed by atoms with van der Waals surface area (Å²) in [5, 5.41) is 3.64. The molecule has 0 radical (unpaired) electrons. The monoisotopic (exact) mass is 277 g/mol. The van der Waals surface area contributed by atoms with Gasteiger partial charge in [0, 0.05) is 0 Å². The summed E-state index contributed by atoms with van der Waals surface area (Å²) in [6.07, 6.45) is 1.94. The van der Waals surface area contributed by atoms with Crippen molar-refractivity contribution in [3.8, 4) is 0 Å². The van der Waals surface area contributed by atoms with Gasteiger partial charge in [0.15, 0.2) is 0 Å². The molecule has 1 N–H and O–H groups in total. The Morgan fingerprint density at radius 2 is 1.84 bits per heavy atom. The first-order valence-corrected chi connectivity index (χ1v) is 6.85. The summed E-state index contributed by atoms with van der Waals surface area (Å²) >= 11 is 6.06. The molecule has 0 saturated carbocycles. The van der Waals surface area contributed by atoms with Crippen molar-refractivity contribution in [2.24, 2.45) is 0 Å². The molecule has 19 heavy (non-hydrogen) atoms. The van der Waals surface area contributed by atoms with Crippen LogP contribution in [0, 0.1) is 5.82 Å². The standard InChI is InChI=1S/C16H17ClFN/c1-2-7-15(12-8-4-3-5-9-12)19-16-13(17)10-6-11-14(16)18/h3-6,8-11,15,19H,2,7H2,1H3. The molecule has 0 aliphatic rings. The van der Waals surface area contributed by atoms with E-state index in [1.165, 1.54) is 6.07 Å². The predicted octanol–water partition coefficient (Wildman–Crippen LogP) is 5.43. The summed E-state index contributed by atoms with van der Waals surface area (Å²) in [6.45, 7) is 2.11. The molecule has 100 valence electrons. The van der Waals surface area contributed by atoms with Crippen molar-refractivity contribution in [3.05, 3.63) is 64.9 Å². The number of halogens is 2. The van der Waals surface area contributed by atoms with Gasteiger partial charge in [0.1, 0.15) is 5.82 Å². The Morgan fingerprint density at radius 3 is 2.47 bits per heavy atom. The van der Waals surface area contributed by atoms with E-state index < -0.39 is 0 Å². The van der Waals surface area contributed by atoms with Gasteiger partial charge in [-0.15, -0.1) is 0 Å². The lowest BCUT2D eigenvalue weighted by Gasteiger charge is -2.21.